The molecule has 0 unspecified atom stereocenters. The number of hydrogen-bond acceptors (Lipinski definition) is 6. The molecule has 0 saturated carbocycles. The van der Waals surface area contributed by atoms with Crippen molar-refractivity contribution in [2.24, 2.45) is 5.16 Å². The van der Waals surface area contributed by atoms with Crippen molar-refractivity contribution in [2.75, 3.05) is 13.1 Å². The van der Waals surface area contributed by atoms with Crippen molar-refractivity contribution < 1.29 is 27.2 Å². The fraction of sp³-hybridized carbons (Fsp3) is 0.462. The highest BCUT2D eigenvalue weighted by Crippen LogP contribution is 2.36. The molecular formula is C26H27F4N5O2S. The van der Waals surface area contributed by atoms with Gasteiger partial charge in [-0.1, -0.05) is 23.4 Å². The van der Waals surface area contributed by atoms with Gasteiger partial charge in [0.15, 0.2) is 5.69 Å². The largest absolute Gasteiger partial charge is 0.435 e. The van der Waals surface area contributed by atoms with E-state index in [-0.39, 0.29) is 30.8 Å². The molecule has 3 heterocycles. The van der Waals surface area contributed by atoms with Crippen LogP contribution in [0.25, 0.3) is 0 Å². The van der Waals surface area contributed by atoms with Crippen molar-refractivity contribution in [1.82, 2.24) is 19.7 Å². The summed E-state index contributed by atoms with van der Waals surface area (Å²) in [5.41, 5.74) is 1.58. The molecule has 1 fully saturated rings. The molecule has 2 aliphatic rings. The van der Waals surface area contributed by atoms with Gasteiger partial charge in [-0.15, -0.1) is 11.3 Å². The van der Waals surface area contributed by atoms with E-state index in [2.05, 4.69) is 10.3 Å². The third kappa shape index (κ3) is 5.74. The summed E-state index contributed by atoms with van der Waals surface area (Å²) in [6.07, 6.45) is -0.560. The molecule has 0 spiro atoms. The van der Waals surface area contributed by atoms with E-state index in [1.165, 1.54) is 13.0 Å². The minimum atomic E-state index is -4.54. The number of carbonyl (C=O) groups is 1. The number of amides is 1. The number of aryl methyl sites for hydroxylation is 2. The van der Waals surface area contributed by atoms with Crippen LogP contribution in [0.5, 0.6) is 0 Å². The van der Waals surface area contributed by atoms with E-state index in [0.29, 0.717) is 24.3 Å². The second-order valence-corrected chi connectivity index (χ2v) is 10.6. The maximum absolute atomic E-state index is 13.8. The summed E-state index contributed by atoms with van der Waals surface area (Å²) in [6.45, 7) is 2.36. The topological polar surface area (TPSA) is 72.6 Å². The molecule has 0 atom stereocenters. The molecule has 7 nitrogen and oxygen atoms in total. The third-order valence-electron chi connectivity index (χ3n) is 6.91. The number of halogens is 4. The number of likely N-dealkylation sites (tertiary alicyclic amines) is 1. The Bertz CT molecular complexity index is 1340. The minimum absolute atomic E-state index is 0.0548. The Morgan fingerprint density at radius 1 is 1.21 bits per heavy atom. The predicted molar refractivity (Wildman–Crippen MR) is 133 cm³/mol. The van der Waals surface area contributed by atoms with Crippen LogP contribution in [0.1, 0.15) is 64.1 Å². The summed E-state index contributed by atoms with van der Waals surface area (Å²) in [4.78, 5) is 25.8. The first-order valence-electron chi connectivity index (χ1n) is 12.5. The Hall–Kier alpha value is -3.28. The minimum Gasteiger partial charge on any atom is -0.391 e. The van der Waals surface area contributed by atoms with Crippen molar-refractivity contribution in [2.45, 2.75) is 64.3 Å². The van der Waals surface area contributed by atoms with Crippen molar-refractivity contribution in [3.8, 4) is 0 Å². The Morgan fingerprint density at radius 2 is 1.97 bits per heavy atom. The van der Waals surface area contributed by atoms with Crippen LogP contribution in [0.2, 0.25) is 0 Å². The van der Waals surface area contributed by atoms with Crippen molar-refractivity contribution in [3.63, 3.8) is 0 Å². The summed E-state index contributed by atoms with van der Waals surface area (Å²) >= 11 is 1.60. The van der Waals surface area contributed by atoms with Crippen molar-refractivity contribution in [1.29, 1.82) is 0 Å². The fourth-order valence-corrected chi connectivity index (χ4v) is 6.06. The van der Waals surface area contributed by atoms with Gasteiger partial charge in [0.05, 0.1) is 21.3 Å². The molecule has 1 aromatic carbocycles. The van der Waals surface area contributed by atoms with Gasteiger partial charge >= 0.3 is 6.18 Å². The van der Waals surface area contributed by atoms with Gasteiger partial charge < -0.3 is 9.74 Å². The first-order valence-corrected chi connectivity index (χ1v) is 13.3. The number of hydrogen-bond donors (Lipinski definition) is 0. The van der Waals surface area contributed by atoms with Gasteiger partial charge in [0, 0.05) is 30.3 Å². The standard InChI is InChI=1S/C26H27F4N5O2S/c1-16-13-22(26(28,29)30)32-35(16)14-23(36)34-11-9-17(10-12-34)25-31-20-7-4-8-21(24(20)38-25)33-37-15-18-5-2-3-6-19(18)27/h2-3,5-6,13,17H,4,7-12,14-15H2,1H3. The van der Waals surface area contributed by atoms with Crippen LogP contribution in [0.4, 0.5) is 17.6 Å². The van der Waals surface area contributed by atoms with Crippen LogP contribution in [-0.2, 0) is 35.4 Å². The zero-order valence-electron chi connectivity index (χ0n) is 20.8. The molecule has 0 bridgehead atoms. The molecule has 2 aromatic heterocycles. The van der Waals surface area contributed by atoms with Crippen LogP contribution >= 0.6 is 11.3 Å². The molecule has 1 aliphatic heterocycles. The number of carbonyl (C=O) groups excluding carboxylic acids is 1. The zero-order valence-corrected chi connectivity index (χ0v) is 21.6. The van der Waals surface area contributed by atoms with Crippen LogP contribution in [0, 0.1) is 12.7 Å². The number of oxime groups is 1. The normalized spacial score (nSPS) is 17.6. The lowest BCUT2D eigenvalue weighted by molar-refractivity contribution is -0.142. The Morgan fingerprint density at radius 3 is 2.68 bits per heavy atom. The van der Waals surface area contributed by atoms with E-state index in [9.17, 15) is 22.4 Å². The average Bonchev–Trinajstić information content (AvgIpc) is 3.49. The number of thiazole rings is 1. The second kappa shape index (κ2) is 10.8. The first kappa shape index (κ1) is 26.3. The smallest absolute Gasteiger partial charge is 0.391 e. The van der Waals surface area contributed by atoms with E-state index < -0.39 is 11.9 Å². The van der Waals surface area contributed by atoms with Crippen LogP contribution in [-0.4, -0.2) is 44.4 Å². The van der Waals surface area contributed by atoms with Crippen LogP contribution < -0.4 is 0 Å². The summed E-state index contributed by atoms with van der Waals surface area (Å²) in [5.74, 6) is -0.380. The maximum atomic E-state index is 13.8. The maximum Gasteiger partial charge on any atom is 0.435 e. The molecule has 1 saturated heterocycles. The molecule has 5 rings (SSSR count). The average molecular weight is 550 g/mol. The molecule has 0 N–H and O–H groups in total. The van der Waals surface area contributed by atoms with Gasteiger partial charge in [0.1, 0.15) is 19.0 Å². The number of rotatable bonds is 6. The van der Waals surface area contributed by atoms with E-state index in [4.69, 9.17) is 9.82 Å². The SMILES string of the molecule is Cc1cc(C(F)(F)F)nn1CC(=O)N1CCC(c2nc3c(s2)C(=NOCc2ccccc2F)CCC3)CC1. The highest BCUT2D eigenvalue weighted by molar-refractivity contribution is 7.14. The van der Waals surface area contributed by atoms with Gasteiger partial charge in [0.2, 0.25) is 5.91 Å². The number of nitrogens with zero attached hydrogens (tertiary/aromatic N) is 5. The first-order chi connectivity index (χ1) is 18.2. The number of fused-ring (bicyclic) bond motifs is 1. The van der Waals surface area contributed by atoms with E-state index in [0.717, 1.165) is 64.1 Å². The van der Waals surface area contributed by atoms with E-state index in [1.54, 1.807) is 34.4 Å². The summed E-state index contributed by atoms with van der Waals surface area (Å²) in [6, 6.07) is 7.39. The Balaban J connectivity index is 1.19. The number of benzene rings is 1. The number of alkyl halides is 3. The van der Waals surface area contributed by atoms with Crippen LogP contribution in [0.15, 0.2) is 35.5 Å². The van der Waals surface area contributed by atoms with Gasteiger partial charge in [-0.25, -0.2) is 9.37 Å². The molecular weight excluding hydrogens is 522 g/mol. The Kier molecular flexibility index (Phi) is 7.51. The predicted octanol–water partition coefficient (Wildman–Crippen LogP) is 5.47. The fourth-order valence-electron chi connectivity index (χ4n) is 4.77. The van der Waals surface area contributed by atoms with Crippen molar-refractivity contribution in [3.05, 3.63) is 68.7 Å². The highest BCUT2D eigenvalue weighted by Gasteiger charge is 2.35. The van der Waals surface area contributed by atoms with Crippen molar-refractivity contribution >= 4 is 23.0 Å². The number of piperidine rings is 1. The summed E-state index contributed by atoms with van der Waals surface area (Å²) in [7, 11) is 0. The monoisotopic (exact) mass is 549 g/mol. The molecule has 12 heteroatoms. The zero-order chi connectivity index (χ0) is 26.9. The molecule has 38 heavy (non-hydrogen) atoms. The lowest BCUT2D eigenvalue weighted by Crippen LogP contribution is -2.40. The lowest BCUT2D eigenvalue weighted by atomic mass is 9.97. The van der Waals surface area contributed by atoms with Crippen LogP contribution in [0.3, 0.4) is 0 Å². The number of aromatic nitrogens is 3. The summed E-state index contributed by atoms with van der Waals surface area (Å²) in [5, 5.41) is 8.87. The molecule has 1 amide bonds. The van der Waals surface area contributed by atoms with E-state index >= 15 is 0 Å². The molecule has 1 aliphatic carbocycles. The molecule has 0 radical (unpaired) electrons. The molecule has 202 valence electrons. The second-order valence-electron chi connectivity index (χ2n) is 9.57. The van der Waals surface area contributed by atoms with E-state index in [1.807, 2.05) is 0 Å². The van der Waals surface area contributed by atoms with Gasteiger partial charge in [-0.05, 0) is 51.2 Å². The summed E-state index contributed by atoms with van der Waals surface area (Å²) < 4.78 is 53.7. The quantitative estimate of drug-likeness (QED) is 0.302. The highest BCUT2D eigenvalue weighted by atomic mass is 32.1. The van der Waals surface area contributed by atoms with Gasteiger partial charge in [0.25, 0.3) is 0 Å². The Labute approximate surface area is 221 Å². The lowest BCUT2D eigenvalue weighted by Gasteiger charge is -2.31. The third-order valence-corrected chi connectivity index (χ3v) is 8.22. The van der Waals surface area contributed by atoms with Gasteiger partial charge in [-0.3, -0.25) is 9.48 Å². The molecule has 3 aromatic rings. The van der Waals surface area contributed by atoms with Gasteiger partial charge in [-0.2, -0.15) is 18.3 Å².